The summed E-state index contributed by atoms with van der Waals surface area (Å²) in [5, 5.41) is 9.74. The number of aromatic amines is 1. The van der Waals surface area contributed by atoms with Gasteiger partial charge in [-0.2, -0.15) is 5.26 Å². The molecule has 1 N–H and O–H groups in total. The maximum Gasteiger partial charge on any atom is 0.258 e. The number of fused-ring (bicyclic) bond motifs is 1. The predicted molar refractivity (Wildman–Crippen MR) is 88.7 cm³/mol. The number of rotatable bonds is 4. The fraction of sp³-hybridized carbons (Fsp3) is 0.167. The Labute approximate surface area is 133 Å². The number of aromatic nitrogens is 2. The summed E-state index contributed by atoms with van der Waals surface area (Å²) in [5.41, 5.74) is 2.19. The molecule has 0 fully saturated rings. The van der Waals surface area contributed by atoms with Crippen LogP contribution in [0.25, 0.3) is 10.9 Å². The van der Waals surface area contributed by atoms with Gasteiger partial charge in [-0.1, -0.05) is 30.3 Å². The lowest BCUT2D eigenvalue weighted by Crippen LogP contribution is -2.22. The first-order valence-electron chi connectivity index (χ1n) is 7.32. The summed E-state index contributed by atoms with van der Waals surface area (Å²) in [6, 6.07) is 17.0. The summed E-state index contributed by atoms with van der Waals surface area (Å²) in [6.07, 6.45) is 0. The molecule has 0 atom stereocenters. The van der Waals surface area contributed by atoms with Crippen LogP contribution in [0.2, 0.25) is 0 Å². The molecule has 3 aromatic rings. The fourth-order valence-electron chi connectivity index (χ4n) is 2.58. The van der Waals surface area contributed by atoms with E-state index < -0.39 is 0 Å². The van der Waals surface area contributed by atoms with E-state index in [4.69, 9.17) is 5.26 Å². The molecule has 0 spiro atoms. The maximum absolute atomic E-state index is 12.1. The Hall–Kier alpha value is -2.97. The molecule has 0 aliphatic carbocycles. The largest absolute Gasteiger partial charge is 0.309 e. The number of para-hydroxylation sites is 1. The summed E-state index contributed by atoms with van der Waals surface area (Å²) in [6.45, 7) is 1.11. The van der Waals surface area contributed by atoms with Crippen molar-refractivity contribution < 1.29 is 0 Å². The molecule has 0 amide bonds. The molecule has 114 valence electrons. The molecule has 1 aromatic heterocycles. The third-order valence-corrected chi connectivity index (χ3v) is 3.66. The Balaban J connectivity index is 1.82. The van der Waals surface area contributed by atoms with Gasteiger partial charge < -0.3 is 4.98 Å². The van der Waals surface area contributed by atoms with Crippen LogP contribution in [0.4, 0.5) is 0 Å². The van der Waals surface area contributed by atoms with Gasteiger partial charge in [0.15, 0.2) is 0 Å². The van der Waals surface area contributed by atoms with Crippen molar-refractivity contribution in [3.05, 3.63) is 75.8 Å². The molecule has 0 aliphatic rings. The third-order valence-electron chi connectivity index (χ3n) is 3.66. The maximum atomic E-state index is 12.1. The van der Waals surface area contributed by atoms with Gasteiger partial charge in [0.05, 0.1) is 29.1 Å². The Bertz CT molecular complexity index is 939. The Morgan fingerprint density at radius 2 is 1.87 bits per heavy atom. The second-order valence-corrected chi connectivity index (χ2v) is 5.47. The van der Waals surface area contributed by atoms with E-state index in [9.17, 15) is 4.79 Å². The van der Waals surface area contributed by atoms with Gasteiger partial charge in [0, 0.05) is 6.54 Å². The Kier molecular flexibility index (Phi) is 4.18. The van der Waals surface area contributed by atoms with Crippen molar-refractivity contribution >= 4 is 10.9 Å². The zero-order valence-corrected chi connectivity index (χ0v) is 12.8. The lowest BCUT2D eigenvalue weighted by atomic mass is 10.1. The molecule has 5 nitrogen and oxygen atoms in total. The quantitative estimate of drug-likeness (QED) is 0.803. The van der Waals surface area contributed by atoms with Gasteiger partial charge in [0.2, 0.25) is 0 Å². The molecule has 0 saturated carbocycles. The minimum absolute atomic E-state index is 0.128. The van der Waals surface area contributed by atoms with Gasteiger partial charge in [-0.3, -0.25) is 9.69 Å². The molecule has 1 heterocycles. The molecular formula is C18H16N4O. The van der Waals surface area contributed by atoms with Gasteiger partial charge in [-0.15, -0.1) is 0 Å². The van der Waals surface area contributed by atoms with Crippen LogP contribution in [0.15, 0.2) is 53.3 Å². The highest BCUT2D eigenvalue weighted by Gasteiger charge is 2.08. The summed E-state index contributed by atoms with van der Waals surface area (Å²) in [5.74, 6) is 0.616. The van der Waals surface area contributed by atoms with Crippen LogP contribution in [0.5, 0.6) is 0 Å². The smallest absolute Gasteiger partial charge is 0.258 e. The van der Waals surface area contributed by atoms with Crippen molar-refractivity contribution in [2.24, 2.45) is 0 Å². The second-order valence-electron chi connectivity index (χ2n) is 5.47. The molecular weight excluding hydrogens is 288 g/mol. The Morgan fingerprint density at radius 3 is 2.70 bits per heavy atom. The summed E-state index contributed by atoms with van der Waals surface area (Å²) in [7, 11) is 1.93. The van der Waals surface area contributed by atoms with Crippen LogP contribution in [0, 0.1) is 11.3 Å². The molecule has 0 unspecified atom stereocenters. The third kappa shape index (κ3) is 3.28. The van der Waals surface area contributed by atoms with Crippen LogP contribution in [-0.4, -0.2) is 21.9 Å². The summed E-state index contributed by atoms with van der Waals surface area (Å²) in [4.78, 5) is 21.4. The highest BCUT2D eigenvalue weighted by molar-refractivity contribution is 5.77. The molecule has 0 radical (unpaired) electrons. The van der Waals surface area contributed by atoms with Crippen molar-refractivity contribution in [2.75, 3.05) is 7.05 Å². The van der Waals surface area contributed by atoms with E-state index in [1.165, 1.54) is 0 Å². The minimum atomic E-state index is -0.128. The monoisotopic (exact) mass is 304 g/mol. The zero-order valence-electron chi connectivity index (χ0n) is 12.8. The van der Waals surface area contributed by atoms with Gasteiger partial charge in [-0.05, 0) is 30.8 Å². The molecule has 3 rings (SSSR count). The van der Waals surface area contributed by atoms with Crippen LogP contribution >= 0.6 is 0 Å². The van der Waals surface area contributed by atoms with Crippen molar-refractivity contribution in [1.29, 1.82) is 5.26 Å². The average Bonchev–Trinajstić information content (AvgIpc) is 2.55. The lowest BCUT2D eigenvalue weighted by molar-refractivity contribution is 0.310. The van der Waals surface area contributed by atoms with Crippen molar-refractivity contribution in [3.8, 4) is 6.07 Å². The number of nitrogens with zero attached hydrogens (tertiary/aromatic N) is 3. The standard InChI is InChI=1S/C18H16N4O/c1-22(11-14-7-3-2-6-13(14)10-19)12-17-20-16-9-5-4-8-15(16)18(23)21-17/h2-9H,11-12H2,1H3,(H,20,21,23). The van der Waals surface area contributed by atoms with Gasteiger partial charge in [0.25, 0.3) is 5.56 Å². The first kappa shape index (κ1) is 14.9. The molecule has 0 bridgehead atoms. The molecule has 0 aliphatic heterocycles. The topological polar surface area (TPSA) is 72.8 Å². The highest BCUT2D eigenvalue weighted by atomic mass is 16.1. The van der Waals surface area contributed by atoms with E-state index in [-0.39, 0.29) is 5.56 Å². The van der Waals surface area contributed by atoms with Crippen LogP contribution < -0.4 is 5.56 Å². The number of H-pyrrole nitrogens is 1. The van der Waals surface area contributed by atoms with E-state index in [2.05, 4.69) is 16.0 Å². The zero-order chi connectivity index (χ0) is 16.2. The number of benzene rings is 2. The Morgan fingerprint density at radius 1 is 1.13 bits per heavy atom. The minimum Gasteiger partial charge on any atom is -0.309 e. The van der Waals surface area contributed by atoms with E-state index in [1.807, 2.05) is 48.3 Å². The SMILES string of the molecule is CN(Cc1nc2ccccc2c(=O)[nH]1)Cc1ccccc1C#N. The van der Waals surface area contributed by atoms with Crippen molar-refractivity contribution in [3.63, 3.8) is 0 Å². The van der Waals surface area contributed by atoms with Crippen LogP contribution in [0.3, 0.4) is 0 Å². The van der Waals surface area contributed by atoms with Gasteiger partial charge in [0.1, 0.15) is 5.82 Å². The molecule has 23 heavy (non-hydrogen) atoms. The van der Waals surface area contributed by atoms with E-state index in [0.29, 0.717) is 35.4 Å². The fourth-order valence-corrected chi connectivity index (χ4v) is 2.58. The molecule has 5 heteroatoms. The number of nitrogens with one attached hydrogen (secondary N) is 1. The van der Waals surface area contributed by atoms with E-state index >= 15 is 0 Å². The molecule has 0 saturated heterocycles. The normalized spacial score (nSPS) is 10.8. The summed E-state index contributed by atoms with van der Waals surface area (Å²) >= 11 is 0. The van der Waals surface area contributed by atoms with Gasteiger partial charge in [-0.25, -0.2) is 4.98 Å². The number of nitriles is 1. The van der Waals surface area contributed by atoms with E-state index in [0.717, 1.165) is 5.56 Å². The summed E-state index contributed by atoms with van der Waals surface area (Å²) < 4.78 is 0. The average molecular weight is 304 g/mol. The number of hydrogen-bond acceptors (Lipinski definition) is 4. The molecule has 2 aromatic carbocycles. The predicted octanol–water partition coefficient (Wildman–Crippen LogP) is 2.43. The lowest BCUT2D eigenvalue weighted by Gasteiger charge is -2.17. The number of hydrogen-bond donors (Lipinski definition) is 1. The van der Waals surface area contributed by atoms with Gasteiger partial charge >= 0.3 is 0 Å². The first-order chi connectivity index (χ1) is 11.2. The van der Waals surface area contributed by atoms with E-state index in [1.54, 1.807) is 12.1 Å². The van der Waals surface area contributed by atoms with Crippen LogP contribution in [-0.2, 0) is 13.1 Å². The van der Waals surface area contributed by atoms with Crippen LogP contribution in [0.1, 0.15) is 17.0 Å². The first-order valence-corrected chi connectivity index (χ1v) is 7.32. The second kappa shape index (κ2) is 6.42. The van der Waals surface area contributed by atoms with Crippen molar-refractivity contribution in [1.82, 2.24) is 14.9 Å². The van der Waals surface area contributed by atoms with Crippen molar-refractivity contribution in [2.45, 2.75) is 13.1 Å². The highest BCUT2D eigenvalue weighted by Crippen LogP contribution is 2.12.